The lowest BCUT2D eigenvalue weighted by Crippen LogP contribution is -2.17. The monoisotopic (exact) mass is 235 g/mol. The highest BCUT2D eigenvalue weighted by atomic mass is 16.5. The summed E-state index contributed by atoms with van der Waals surface area (Å²) in [4.78, 5) is 9.60. The van der Waals surface area contributed by atoms with E-state index in [1.54, 1.807) is 0 Å². The number of nitrogens with zero attached hydrogens (tertiary/aromatic N) is 2. The highest BCUT2D eigenvalue weighted by Gasteiger charge is 2.07. The van der Waals surface area contributed by atoms with Crippen molar-refractivity contribution in [3.05, 3.63) is 23.8 Å². The van der Waals surface area contributed by atoms with E-state index in [0.29, 0.717) is 6.47 Å². The summed E-state index contributed by atoms with van der Waals surface area (Å²) in [6, 6.07) is 6.01. The van der Waals surface area contributed by atoms with Crippen LogP contribution in [0.1, 0.15) is 26.3 Å². The summed E-state index contributed by atoms with van der Waals surface area (Å²) < 4.78 is 4.55. The number of H-pyrrole nitrogens is 1. The fourth-order valence-corrected chi connectivity index (χ4v) is 1.10. The zero-order valence-corrected chi connectivity index (χ0v) is 10.5. The van der Waals surface area contributed by atoms with Gasteiger partial charge in [0.15, 0.2) is 0 Å². The summed E-state index contributed by atoms with van der Waals surface area (Å²) in [6.45, 7) is 7.96. The van der Waals surface area contributed by atoms with E-state index in [-0.39, 0.29) is 5.60 Å². The predicted molar refractivity (Wildman–Crippen MR) is 65.5 cm³/mol. The summed E-state index contributed by atoms with van der Waals surface area (Å²) in [5.41, 5.74) is 2.81. The quantitative estimate of drug-likeness (QED) is 0.769. The molecule has 0 saturated heterocycles. The van der Waals surface area contributed by atoms with E-state index in [1.165, 1.54) is 5.56 Å². The molecule has 0 atom stereocenters. The predicted octanol–water partition coefficient (Wildman–Crippen LogP) is 2.22. The number of benzene rings is 1. The van der Waals surface area contributed by atoms with Crippen LogP contribution in [-0.4, -0.2) is 27.5 Å². The Kier molecular flexibility index (Phi) is 4.20. The van der Waals surface area contributed by atoms with Crippen LogP contribution >= 0.6 is 0 Å². The van der Waals surface area contributed by atoms with Crippen LogP contribution in [0.2, 0.25) is 0 Å². The van der Waals surface area contributed by atoms with Gasteiger partial charge in [0.05, 0.1) is 5.52 Å². The summed E-state index contributed by atoms with van der Waals surface area (Å²) in [5.74, 6) is 0. The summed E-state index contributed by atoms with van der Waals surface area (Å²) in [5, 5.41) is 10.3. The Morgan fingerprint density at radius 2 is 2.06 bits per heavy atom. The highest BCUT2D eigenvalue weighted by molar-refractivity contribution is 5.73. The molecule has 2 rings (SSSR count). The second-order valence-corrected chi connectivity index (χ2v) is 4.66. The molecular weight excluding hydrogens is 218 g/mol. The second kappa shape index (κ2) is 5.43. The molecule has 5 nitrogen and oxygen atoms in total. The second-order valence-electron chi connectivity index (χ2n) is 4.66. The Morgan fingerprint density at radius 1 is 1.35 bits per heavy atom. The Labute approximate surface area is 100 Å². The molecule has 92 valence electrons. The smallest absolute Gasteiger partial charge is 0.293 e. The number of rotatable bonds is 1. The third-order valence-corrected chi connectivity index (χ3v) is 1.88. The zero-order valence-electron chi connectivity index (χ0n) is 10.5. The average molecular weight is 235 g/mol. The highest BCUT2D eigenvalue weighted by Crippen LogP contribution is 2.08. The molecule has 1 aromatic carbocycles. The fourth-order valence-electron chi connectivity index (χ4n) is 1.10. The zero-order chi connectivity index (χ0) is 12.9. The molecule has 1 N–H and O–H groups in total. The normalized spacial score (nSPS) is 10.6. The van der Waals surface area contributed by atoms with E-state index < -0.39 is 0 Å². The van der Waals surface area contributed by atoms with Gasteiger partial charge in [-0.3, -0.25) is 9.89 Å². The number of hydrogen-bond acceptors (Lipinski definition) is 4. The van der Waals surface area contributed by atoms with Crippen molar-refractivity contribution < 1.29 is 9.53 Å². The number of aromatic nitrogens is 3. The minimum atomic E-state index is -0.318. The molecule has 0 fully saturated rings. The molecular formula is C12H17N3O2. The molecule has 0 bridgehead atoms. The third-order valence-electron chi connectivity index (χ3n) is 1.88. The maximum Gasteiger partial charge on any atom is 0.293 e. The van der Waals surface area contributed by atoms with Crippen molar-refractivity contribution in [3.8, 4) is 0 Å². The number of fused-ring (bicyclic) bond motifs is 1. The van der Waals surface area contributed by atoms with Crippen molar-refractivity contribution in [1.82, 2.24) is 15.4 Å². The molecule has 5 heteroatoms. The Morgan fingerprint density at radius 3 is 2.59 bits per heavy atom. The van der Waals surface area contributed by atoms with Crippen LogP contribution < -0.4 is 0 Å². The SMILES string of the molecule is CC(C)(C)OC=O.Cc1ccc2[nH]nnc2c1. The van der Waals surface area contributed by atoms with Gasteiger partial charge in [0, 0.05) is 0 Å². The van der Waals surface area contributed by atoms with Gasteiger partial charge in [0.25, 0.3) is 6.47 Å². The van der Waals surface area contributed by atoms with Crippen LogP contribution in [0.15, 0.2) is 18.2 Å². The van der Waals surface area contributed by atoms with Crippen molar-refractivity contribution in [2.75, 3.05) is 0 Å². The molecule has 1 heterocycles. The molecule has 0 radical (unpaired) electrons. The van der Waals surface area contributed by atoms with Gasteiger partial charge in [-0.05, 0) is 45.4 Å². The lowest BCUT2D eigenvalue weighted by molar-refractivity contribution is -0.138. The maximum absolute atomic E-state index is 9.60. The Hall–Kier alpha value is -1.91. The van der Waals surface area contributed by atoms with Gasteiger partial charge in [0.2, 0.25) is 0 Å². The number of aromatic amines is 1. The van der Waals surface area contributed by atoms with E-state index in [9.17, 15) is 4.79 Å². The summed E-state index contributed by atoms with van der Waals surface area (Å²) in [7, 11) is 0. The first-order chi connectivity index (χ1) is 7.92. The van der Waals surface area contributed by atoms with Gasteiger partial charge >= 0.3 is 0 Å². The number of carbonyl (C=O) groups excluding carboxylic acids is 1. The molecule has 0 aliphatic heterocycles. The van der Waals surface area contributed by atoms with E-state index in [2.05, 4.69) is 20.1 Å². The topological polar surface area (TPSA) is 67.9 Å². The van der Waals surface area contributed by atoms with Gasteiger partial charge in [-0.2, -0.15) is 0 Å². The lowest BCUT2D eigenvalue weighted by Gasteiger charge is -2.14. The largest absolute Gasteiger partial charge is 0.462 e. The molecule has 0 spiro atoms. The van der Waals surface area contributed by atoms with E-state index >= 15 is 0 Å². The molecule has 17 heavy (non-hydrogen) atoms. The number of aryl methyl sites for hydroxylation is 1. The standard InChI is InChI=1S/C7H7N3.C5H10O2/c1-5-2-3-6-7(4-5)9-10-8-6;1-5(2,3)7-4-6/h2-4H,1H3,(H,8,9,10);4H,1-3H3. The van der Waals surface area contributed by atoms with Gasteiger partial charge in [0.1, 0.15) is 11.1 Å². The first-order valence-corrected chi connectivity index (χ1v) is 5.31. The van der Waals surface area contributed by atoms with Crippen molar-refractivity contribution >= 4 is 17.5 Å². The molecule has 1 aromatic heterocycles. The molecule has 0 unspecified atom stereocenters. The number of nitrogens with one attached hydrogen (secondary N) is 1. The Balaban J connectivity index is 0.000000185. The van der Waals surface area contributed by atoms with E-state index in [4.69, 9.17) is 0 Å². The summed E-state index contributed by atoms with van der Waals surface area (Å²) >= 11 is 0. The molecule has 0 saturated carbocycles. The van der Waals surface area contributed by atoms with Crippen LogP contribution in [0.4, 0.5) is 0 Å². The molecule has 0 aliphatic carbocycles. The molecule has 0 aliphatic rings. The van der Waals surface area contributed by atoms with Crippen LogP contribution in [0.3, 0.4) is 0 Å². The number of ether oxygens (including phenoxy) is 1. The lowest BCUT2D eigenvalue weighted by atomic mass is 10.2. The third kappa shape index (κ3) is 4.63. The summed E-state index contributed by atoms with van der Waals surface area (Å²) in [6.07, 6.45) is 0. The fraction of sp³-hybridized carbons (Fsp3) is 0.417. The van der Waals surface area contributed by atoms with Crippen LogP contribution in [0.5, 0.6) is 0 Å². The van der Waals surface area contributed by atoms with Crippen LogP contribution in [0, 0.1) is 6.92 Å². The average Bonchev–Trinajstić information content (AvgIpc) is 2.63. The first kappa shape index (κ1) is 13.2. The molecule has 0 amide bonds. The van der Waals surface area contributed by atoms with Crippen molar-refractivity contribution in [2.24, 2.45) is 0 Å². The van der Waals surface area contributed by atoms with Crippen LogP contribution in [0.25, 0.3) is 11.0 Å². The number of hydrogen-bond donors (Lipinski definition) is 1. The van der Waals surface area contributed by atoms with E-state index in [0.717, 1.165) is 11.0 Å². The molecule has 2 aromatic rings. The van der Waals surface area contributed by atoms with Crippen molar-refractivity contribution in [1.29, 1.82) is 0 Å². The first-order valence-electron chi connectivity index (χ1n) is 5.31. The van der Waals surface area contributed by atoms with Crippen molar-refractivity contribution in [3.63, 3.8) is 0 Å². The van der Waals surface area contributed by atoms with Gasteiger partial charge in [-0.15, -0.1) is 5.10 Å². The number of carbonyl (C=O) groups is 1. The Bertz CT molecular complexity index is 486. The van der Waals surface area contributed by atoms with E-state index in [1.807, 2.05) is 45.9 Å². The minimum Gasteiger partial charge on any atom is -0.462 e. The van der Waals surface area contributed by atoms with Crippen LogP contribution in [-0.2, 0) is 9.53 Å². The van der Waals surface area contributed by atoms with Gasteiger partial charge in [-0.1, -0.05) is 11.3 Å². The maximum atomic E-state index is 9.60. The van der Waals surface area contributed by atoms with Gasteiger partial charge in [-0.25, -0.2) is 0 Å². The minimum absolute atomic E-state index is 0.318. The van der Waals surface area contributed by atoms with Crippen molar-refractivity contribution in [2.45, 2.75) is 33.3 Å². The van der Waals surface area contributed by atoms with Gasteiger partial charge < -0.3 is 4.74 Å².